The molecule has 0 aromatic heterocycles. The molecule has 0 aliphatic rings. The Morgan fingerprint density at radius 2 is 1.44 bits per heavy atom. The molecule has 2 rings (SSSR count). The van der Waals surface area contributed by atoms with Gasteiger partial charge in [0.2, 0.25) is 0 Å². The number of hydrogen-bond acceptors (Lipinski definition) is 2. The zero-order valence-corrected chi connectivity index (χ0v) is 8.95. The second kappa shape index (κ2) is 5.12. The molecule has 0 saturated carbocycles. The Morgan fingerprint density at radius 3 is 2.11 bits per heavy atom. The molecule has 0 spiro atoms. The predicted molar refractivity (Wildman–Crippen MR) is 57.2 cm³/mol. The molecular weight excluding hydrogens is 252 g/mol. The minimum Gasteiger partial charge on any atom is -0.431 e. The van der Waals surface area contributed by atoms with E-state index in [9.17, 15) is 17.6 Å². The summed E-state index contributed by atoms with van der Waals surface area (Å²) >= 11 is 0. The molecule has 0 aliphatic carbocycles. The summed E-state index contributed by atoms with van der Waals surface area (Å²) in [5.41, 5.74) is 0. The second-order valence-electron chi connectivity index (χ2n) is 3.37. The molecule has 2 aromatic rings. The molecule has 0 heterocycles. The highest BCUT2D eigenvalue weighted by molar-refractivity contribution is 5.90. The third kappa shape index (κ3) is 2.64. The number of ether oxygens (including phenoxy) is 2. The Kier molecular flexibility index (Phi) is 3.55. The van der Waals surface area contributed by atoms with Crippen LogP contribution in [0.3, 0.4) is 0 Å². The van der Waals surface area contributed by atoms with Crippen molar-refractivity contribution in [1.29, 1.82) is 0 Å². The molecule has 0 atom stereocenters. The number of halogens is 4. The van der Waals surface area contributed by atoms with Gasteiger partial charge in [0.15, 0.2) is 11.5 Å². The second-order valence-corrected chi connectivity index (χ2v) is 3.37. The van der Waals surface area contributed by atoms with Gasteiger partial charge in [-0.05, 0) is 11.5 Å². The molecular formula is C12H8F4O2. The summed E-state index contributed by atoms with van der Waals surface area (Å²) in [6.45, 7) is -6.22. The average Bonchev–Trinajstić information content (AvgIpc) is 2.31. The average molecular weight is 260 g/mol. The molecule has 96 valence electrons. The summed E-state index contributed by atoms with van der Waals surface area (Å²) in [7, 11) is 0. The maximum atomic E-state index is 12.3. The molecule has 18 heavy (non-hydrogen) atoms. The van der Waals surface area contributed by atoms with Crippen LogP contribution in [0, 0.1) is 0 Å². The van der Waals surface area contributed by atoms with E-state index in [0.717, 1.165) is 0 Å². The highest BCUT2D eigenvalue weighted by Crippen LogP contribution is 2.37. The van der Waals surface area contributed by atoms with Crippen LogP contribution in [0.4, 0.5) is 17.6 Å². The Morgan fingerprint density at radius 1 is 0.778 bits per heavy atom. The molecule has 2 nitrogen and oxygen atoms in total. The van der Waals surface area contributed by atoms with Gasteiger partial charge < -0.3 is 9.47 Å². The van der Waals surface area contributed by atoms with Gasteiger partial charge >= 0.3 is 13.2 Å². The Bertz CT molecular complexity index is 543. The van der Waals surface area contributed by atoms with Crippen LogP contribution in [0.1, 0.15) is 0 Å². The van der Waals surface area contributed by atoms with Crippen LogP contribution in [0.15, 0.2) is 36.4 Å². The van der Waals surface area contributed by atoms with Crippen molar-refractivity contribution in [1.82, 2.24) is 0 Å². The number of alkyl halides is 4. The van der Waals surface area contributed by atoms with E-state index in [2.05, 4.69) is 9.47 Å². The Hall–Kier alpha value is -1.98. The van der Waals surface area contributed by atoms with E-state index < -0.39 is 19.0 Å². The number of fused-ring (bicyclic) bond motifs is 1. The molecule has 0 N–H and O–H groups in total. The summed E-state index contributed by atoms with van der Waals surface area (Å²) in [4.78, 5) is 0. The van der Waals surface area contributed by atoms with Gasteiger partial charge in [0.1, 0.15) is 0 Å². The quantitative estimate of drug-likeness (QED) is 0.772. The highest BCUT2D eigenvalue weighted by Gasteiger charge is 2.17. The van der Waals surface area contributed by atoms with Crippen molar-refractivity contribution in [3.63, 3.8) is 0 Å². The van der Waals surface area contributed by atoms with E-state index in [0.29, 0.717) is 5.39 Å². The normalized spacial score (nSPS) is 11.2. The summed E-state index contributed by atoms with van der Waals surface area (Å²) < 4.78 is 57.4. The van der Waals surface area contributed by atoms with Crippen LogP contribution in [-0.2, 0) is 0 Å². The standard InChI is InChI=1S/C12H8F4O2/c13-11(14)17-9-6-5-7-3-1-2-4-8(7)10(9)18-12(15)16/h1-6,11-12H. The molecule has 0 saturated heterocycles. The lowest BCUT2D eigenvalue weighted by Gasteiger charge is -2.13. The third-order valence-corrected chi connectivity index (χ3v) is 2.27. The van der Waals surface area contributed by atoms with Gasteiger partial charge in [-0.2, -0.15) is 17.6 Å². The molecule has 0 amide bonds. The molecule has 0 fully saturated rings. The topological polar surface area (TPSA) is 18.5 Å². The summed E-state index contributed by atoms with van der Waals surface area (Å²) in [6.07, 6.45) is 0. The summed E-state index contributed by atoms with van der Waals surface area (Å²) in [6, 6.07) is 9.09. The number of hydrogen-bond donors (Lipinski definition) is 0. The van der Waals surface area contributed by atoms with E-state index in [4.69, 9.17) is 0 Å². The molecule has 6 heteroatoms. The van der Waals surface area contributed by atoms with Crippen molar-refractivity contribution in [2.24, 2.45) is 0 Å². The van der Waals surface area contributed by atoms with Crippen molar-refractivity contribution in [2.75, 3.05) is 0 Å². The lowest BCUT2D eigenvalue weighted by atomic mass is 10.1. The van der Waals surface area contributed by atoms with Crippen LogP contribution in [0.25, 0.3) is 10.8 Å². The van der Waals surface area contributed by atoms with Crippen LogP contribution in [0.5, 0.6) is 11.5 Å². The van der Waals surface area contributed by atoms with Crippen molar-refractivity contribution >= 4 is 10.8 Å². The van der Waals surface area contributed by atoms with Gasteiger partial charge in [-0.3, -0.25) is 0 Å². The Balaban J connectivity index is 2.55. The largest absolute Gasteiger partial charge is 0.431 e. The first-order valence-corrected chi connectivity index (χ1v) is 4.99. The fourth-order valence-corrected chi connectivity index (χ4v) is 1.62. The van der Waals surface area contributed by atoms with Gasteiger partial charge in [-0.1, -0.05) is 30.3 Å². The smallest absolute Gasteiger partial charge is 0.387 e. The zero-order chi connectivity index (χ0) is 13.1. The number of benzene rings is 2. The minimum absolute atomic E-state index is 0.288. The SMILES string of the molecule is FC(F)Oc1ccc2ccccc2c1OC(F)F. The fraction of sp³-hybridized carbons (Fsp3) is 0.167. The highest BCUT2D eigenvalue weighted by atomic mass is 19.3. The van der Waals surface area contributed by atoms with Crippen LogP contribution in [0.2, 0.25) is 0 Å². The van der Waals surface area contributed by atoms with Gasteiger partial charge in [0.25, 0.3) is 0 Å². The molecule has 0 unspecified atom stereocenters. The maximum absolute atomic E-state index is 12.3. The van der Waals surface area contributed by atoms with Crippen LogP contribution in [-0.4, -0.2) is 13.2 Å². The Labute approximate surface area is 99.7 Å². The lowest BCUT2D eigenvalue weighted by Crippen LogP contribution is -2.08. The monoisotopic (exact) mass is 260 g/mol. The molecule has 2 aromatic carbocycles. The van der Waals surface area contributed by atoms with Crippen LogP contribution < -0.4 is 9.47 Å². The third-order valence-electron chi connectivity index (χ3n) is 2.27. The zero-order valence-electron chi connectivity index (χ0n) is 8.95. The van der Waals surface area contributed by atoms with E-state index in [1.807, 2.05) is 0 Å². The first-order chi connectivity index (χ1) is 8.58. The van der Waals surface area contributed by atoms with E-state index >= 15 is 0 Å². The molecule has 0 radical (unpaired) electrons. The minimum atomic E-state index is -3.11. The van der Waals surface area contributed by atoms with E-state index in [1.54, 1.807) is 18.2 Å². The van der Waals surface area contributed by atoms with Crippen LogP contribution >= 0.6 is 0 Å². The van der Waals surface area contributed by atoms with Crippen molar-refractivity contribution in [3.8, 4) is 11.5 Å². The first-order valence-electron chi connectivity index (χ1n) is 4.99. The lowest BCUT2D eigenvalue weighted by molar-refractivity contribution is -0.0683. The van der Waals surface area contributed by atoms with E-state index in [1.165, 1.54) is 18.2 Å². The summed E-state index contributed by atoms with van der Waals surface area (Å²) in [5, 5.41) is 0.880. The van der Waals surface area contributed by atoms with Gasteiger partial charge in [0.05, 0.1) is 0 Å². The van der Waals surface area contributed by atoms with Crippen molar-refractivity contribution < 1.29 is 27.0 Å². The maximum Gasteiger partial charge on any atom is 0.387 e. The molecule has 0 aliphatic heterocycles. The molecule has 0 bridgehead atoms. The van der Waals surface area contributed by atoms with Crippen molar-refractivity contribution in [3.05, 3.63) is 36.4 Å². The van der Waals surface area contributed by atoms with E-state index in [-0.39, 0.29) is 11.1 Å². The summed E-state index contributed by atoms with van der Waals surface area (Å²) in [5.74, 6) is -0.799. The number of rotatable bonds is 4. The predicted octanol–water partition coefficient (Wildman–Crippen LogP) is 4.04. The first kappa shape index (κ1) is 12.5. The van der Waals surface area contributed by atoms with Gasteiger partial charge in [-0.15, -0.1) is 0 Å². The van der Waals surface area contributed by atoms with Gasteiger partial charge in [-0.25, -0.2) is 0 Å². The van der Waals surface area contributed by atoms with Crippen molar-refractivity contribution in [2.45, 2.75) is 13.2 Å². The van der Waals surface area contributed by atoms with Gasteiger partial charge in [0, 0.05) is 5.39 Å². The fourth-order valence-electron chi connectivity index (χ4n) is 1.62.